The van der Waals surface area contributed by atoms with Crippen molar-refractivity contribution in [3.05, 3.63) is 69.8 Å². The van der Waals surface area contributed by atoms with Crippen LogP contribution in [0, 0.1) is 0 Å². The molecule has 2 aliphatic rings. The van der Waals surface area contributed by atoms with Crippen LogP contribution in [0.15, 0.2) is 52.4 Å². The van der Waals surface area contributed by atoms with Crippen LogP contribution in [0.3, 0.4) is 0 Å². The lowest BCUT2D eigenvalue weighted by atomic mass is 9.95. The molecule has 0 radical (unpaired) electrons. The van der Waals surface area contributed by atoms with Crippen LogP contribution in [-0.4, -0.2) is 54.1 Å². The van der Waals surface area contributed by atoms with Crippen LogP contribution >= 0.6 is 0 Å². The number of rotatable bonds is 4. The van der Waals surface area contributed by atoms with Crippen LogP contribution in [0.5, 0.6) is 0 Å². The fourth-order valence-electron chi connectivity index (χ4n) is 4.12. The van der Waals surface area contributed by atoms with E-state index in [1.165, 1.54) is 11.1 Å². The van der Waals surface area contributed by atoms with Crippen molar-refractivity contribution >= 4 is 12.3 Å². The van der Waals surface area contributed by atoms with Gasteiger partial charge in [0.05, 0.1) is 31.3 Å². The van der Waals surface area contributed by atoms with Crippen molar-refractivity contribution in [2.75, 3.05) is 38.3 Å². The lowest BCUT2D eigenvalue weighted by molar-refractivity contribution is 0.142. The molecule has 31 heavy (non-hydrogen) atoms. The summed E-state index contributed by atoms with van der Waals surface area (Å²) in [7, 11) is 3.72. The molecule has 0 N–H and O–H groups in total. The minimum atomic E-state index is -0.104. The zero-order chi connectivity index (χ0) is 22.0. The lowest BCUT2D eigenvalue weighted by Crippen LogP contribution is -2.36. The van der Waals surface area contributed by atoms with Crippen molar-refractivity contribution in [3.8, 4) is 0 Å². The highest BCUT2D eigenvalue weighted by Gasteiger charge is 2.25. The number of anilines is 1. The minimum Gasteiger partial charge on any atom is -0.379 e. The van der Waals surface area contributed by atoms with E-state index in [0.717, 1.165) is 12.2 Å². The Bertz CT molecular complexity index is 1030. The van der Waals surface area contributed by atoms with Gasteiger partial charge in [-0.3, -0.25) is 9.36 Å². The molecular weight excluding hydrogens is 390 g/mol. The second-order valence-electron chi connectivity index (χ2n) is 8.63. The van der Waals surface area contributed by atoms with Gasteiger partial charge in [0, 0.05) is 45.4 Å². The number of nitrogens with zero attached hydrogens (tertiary/aromatic N) is 5. The Morgan fingerprint density at radius 1 is 1.16 bits per heavy atom. The predicted molar refractivity (Wildman–Crippen MR) is 124 cm³/mol. The Morgan fingerprint density at radius 3 is 2.65 bits per heavy atom. The van der Waals surface area contributed by atoms with Crippen LogP contribution in [0.1, 0.15) is 48.5 Å². The Balaban J connectivity index is 1.64. The molecule has 4 rings (SSSR count). The van der Waals surface area contributed by atoms with Gasteiger partial charge >= 0.3 is 0 Å². The van der Waals surface area contributed by atoms with Crippen molar-refractivity contribution in [3.63, 3.8) is 0 Å². The van der Waals surface area contributed by atoms with Crippen LogP contribution in [0.25, 0.3) is 0 Å². The van der Waals surface area contributed by atoms with Crippen LogP contribution in [-0.2, 0) is 11.8 Å². The number of benzene rings is 1. The molecule has 0 spiro atoms. The van der Waals surface area contributed by atoms with Crippen molar-refractivity contribution in [1.82, 2.24) is 14.5 Å². The van der Waals surface area contributed by atoms with Gasteiger partial charge in [-0.1, -0.05) is 38.1 Å². The molecule has 7 heteroatoms. The van der Waals surface area contributed by atoms with E-state index in [9.17, 15) is 4.79 Å². The molecule has 1 aromatic carbocycles. The summed E-state index contributed by atoms with van der Waals surface area (Å²) in [4.78, 5) is 26.0. The topological polar surface area (TPSA) is 63.0 Å². The number of hydrogen-bond acceptors (Lipinski definition) is 6. The van der Waals surface area contributed by atoms with Gasteiger partial charge in [-0.25, -0.2) is 9.98 Å². The summed E-state index contributed by atoms with van der Waals surface area (Å²) in [6.07, 6.45) is 5.45. The van der Waals surface area contributed by atoms with Crippen molar-refractivity contribution < 1.29 is 4.74 Å². The van der Waals surface area contributed by atoms with Crippen molar-refractivity contribution in [2.45, 2.75) is 31.7 Å². The largest absolute Gasteiger partial charge is 0.379 e. The molecule has 3 heterocycles. The number of likely N-dealkylation sites (N-methyl/N-ethyl adjacent to an activating group) is 1. The number of ether oxygens (including phenoxy) is 1. The normalized spacial score (nSPS) is 21.6. The van der Waals surface area contributed by atoms with Gasteiger partial charge in [0.2, 0.25) is 5.95 Å². The van der Waals surface area contributed by atoms with E-state index in [1.807, 2.05) is 18.0 Å². The van der Waals surface area contributed by atoms with Crippen molar-refractivity contribution in [1.29, 1.82) is 0 Å². The molecule has 2 atom stereocenters. The first kappa shape index (κ1) is 21.3. The average molecular weight is 422 g/mol. The smallest absolute Gasteiger partial charge is 0.254 e. The van der Waals surface area contributed by atoms with E-state index >= 15 is 0 Å². The molecule has 0 amide bonds. The van der Waals surface area contributed by atoms with E-state index in [4.69, 9.17) is 9.72 Å². The molecule has 2 aliphatic heterocycles. The summed E-state index contributed by atoms with van der Waals surface area (Å²) in [6, 6.07) is 10.3. The quantitative estimate of drug-likeness (QED) is 0.759. The highest BCUT2D eigenvalue weighted by atomic mass is 16.5. The molecule has 1 fully saturated rings. The lowest BCUT2D eigenvalue weighted by Gasteiger charge is -2.29. The third-order valence-corrected chi connectivity index (χ3v) is 6.10. The predicted octanol–water partition coefficient (Wildman–Crippen LogP) is 3.05. The van der Waals surface area contributed by atoms with Gasteiger partial charge in [0.25, 0.3) is 5.56 Å². The Kier molecular flexibility index (Phi) is 6.23. The van der Waals surface area contributed by atoms with Crippen molar-refractivity contribution in [2.24, 2.45) is 12.0 Å². The van der Waals surface area contributed by atoms with Gasteiger partial charge in [0.1, 0.15) is 0 Å². The molecule has 1 saturated heterocycles. The van der Waals surface area contributed by atoms with E-state index in [2.05, 4.69) is 48.0 Å². The van der Waals surface area contributed by atoms with Crippen LogP contribution in [0.4, 0.5) is 5.95 Å². The highest BCUT2D eigenvalue weighted by molar-refractivity contribution is 5.58. The molecule has 0 aliphatic carbocycles. The molecule has 2 unspecified atom stereocenters. The minimum absolute atomic E-state index is 0.0627. The molecular formula is C24H31N5O2. The van der Waals surface area contributed by atoms with Gasteiger partial charge in [0.15, 0.2) is 0 Å². The van der Waals surface area contributed by atoms with Gasteiger partial charge in [-0.15, -0.1) is 0 Å². The fraction of sp³-hybridized carbons (Fsp3) is 0.458. The monoisotopic (exact) mass is 421 g/mol. The third-order valence-electron chi connectivity index (χ3n) is 6.10. The molecule has 7 nitrogen and oxygen atoms in total. The average Bonchev–Trinajstić information content (AvgIpc) is 3.02. The summed E-state index contributed by atoms with van der Waals surface area (Å²) in [5, 5.41) is 0. The van der Waals surface area contributed by atoms with Crippen LogP contribution in [0.2, 0.25) is 0 Å². The molecule has 0 saturated carbocycles. The molecule has 164 valence electrons. The third kappa shape index (κ3) is 4.56. The second-order valence-corrected chi connectivity index (χ2v) is 8.63. The summed E-state index contributed by atoms with van der Waals surface area (Å²) in [6.45, 7) is 7.13. The van der Waals surface area contributed by atoms with Crippen LogP contribution < -0.4 is 10.5 Å². The standard InChI is InChI=1S/C24H31N5O2/c1-17(2)18-5-7-19(8-6-18)20-14-29(11-12-31-15-20)24-26-21(13-23(30)28(24)4)22-9-10-25-16-27(22)3/h5-10,13,16-17,20,22H,11-12,14-15H2,1-4H3. The van der Waals surface area contributed by atoms with Gasteiger partial charge in [-0.2, -0.15) is 0 Å². The SMILES string of the molecule is CC(C)c1ccc(C2COCCN(c3nc(C4C=CN=CN4C)cc(=O)n3C)C2)cc1. The summed E-state index contributed by atoms with van der Waals surface area (Å²) in [5.41, 5.74) is 3.25. The highest BCUT2D eigenvalue weighted by Crippen LogP contribution is 2.26. The fourth-order valence-corrected chi connectivity index (χ4v) is 4.12. The van der Waals surface area contributed by atoms with E-state index < -0.39 is 0 Å². The number of aromatic nitrogens is 2. The maximum Gasteiger partial charge on any atom is 0.254 e. The Hall–Kier alpha value is -2.93. The number of aliphatic imine (C=N–C) groups is 1. The molecule has 2 aromatic rings. The zero-order valence-electron chi connectivity index (χ0n) is 18.7. The Labute approximate surface area is 183 Å². The van der Waals surface area contributed by atoms with Gasteiger partial charge < -0.3 is 14.5 Å². The maximum absolute atomic E-state index is 12.8. The summed E-state index contributed by atoms with van der Waals surface area (Å²) >= 11 is 0. The summed E-state index contributed by atoms with van der Waals surface area (Å²) in [5.74, 6) is 1.41. The zero-order valence-corrected chi connectivity index (χ0v) is 18.7. The Morgan fingerprint density at radius 2 is 1.94 bits per heavy atom. The summed E-state index contributed by atoms with van der Waals surface area (Å²) < 4.78 is 7.56. The first-order valence-electron chi connectivity index (χ1n) is 10.9. The van der Waals surface area contributed by atoms with E-state index in [0.29, 0.717) is 31.6 Å². The maximum atomic E-state index is 12.8. The first-order chi connectivity index (χ1) is 14.9. The first-order valence-corrected chi connectivity index (χ1v) is 10.9. The molecule has 1 aromatic heterocycles. The van der Waals surface area contributed by atoms with Gasteiger partial charge in [-0.05, 0) is 23.1 Å². The number of hydrogen-bond donors (Lipinski definition) is 0. The molecule has 0 bridgehead atoms. The van der Waals surface area contributed by atoms with E-state index in [1.54, 1.807) is 30.2 Å². The second kappa shape index (κ2) is 9.06. The van der Waals surface area contributed by atoms with E-state index in [-0.39, 0.29) is 17.5 Å².